The minimum absolute atomic E-state index is 0.259. The van der Waals surface area contributed by atoms with Gasteiger partial charge >= 0.3 is 0 Å². The summed E-state index contributed by atoms with van der Waals surface area (Å²) in [4.78, 5) is 0. The van der Waals surface area contributed by atoms with E-state index in [1.54, 1.807) is 0 Å². The van der Waals surface area contributed by atoms with E-state index in [1.807, 2.05) is 6.92 Å². The first kappa shape index (κ1) is 15.7. The maximum Gasteiger partial charge on any atom is 0.147 e. The first-order valence-corrected chi connectivity index (χ1v) is 7.91. The van der Waals surface area contributed by atoms with Crippen molar-refractivity contribution in [3.05, 3.63) is 11.6 Å². The highest BCUT2D eigenvalue weighted by molar-refractivity contribution is 7.90. The second-order valence-electron chi connectivity index (χ2n) is 4.82. The number of hydrogen-bond acceptors (Lipinski definition) is 3. The van der Waals surface area contributed by atoms with E-state index in [0.29, 0.717) is 12.3 Å². The van der Waals surface area contributed by atoms with Crippen molar-refractivity contribution in [2.45, 2.75) is 33.6 Å². The third-order valence-corrected chi connectivity index (χ3v) is 3.18. The summed E-state index contributed by atoms with van der Waals surface area (Å²) < 4.78 is 21.9. The zero-order valence-corrected chi connectivity index (χ0v) is 11.7. The maximum atomic E-state index is 10.9. The van der Waals surface area contributed by atoms with E-state index >= 15 is 0 Å². The smallest absolute Gasteiger partial charge is 0.147 e. The fraction of sp³-hybridized carbons (Fsp3) is 0.833. The Bertz CT molecular complexity index is 305. The van der Waals surface area contributed by atoms with Crippen molar-refractivity contribution in [3.63, 3.8) is 0 Å². The maximum absolute atomic E-state index is 10.9. The number of sulfone groups is 1. The molecule has 0 aliphatic heterocycles. The number of rotatable bonds is 8. The molecule has 1 N–H and O–H groups in total. The summed E-state index contributed by atoms with van der Waals surface area (Å²) in [6.07, 6.45) is 5.04. The second kappa shape index (κ2) is 7.85. The highest BCUT2D eigenvalue weighted by Crippen LogP contribution is 2.03. The summed E-state index contributed by atoms with van der Waals surface area (Å²) in [7, 11) is -2.82. The molecule has 0 spiro atoms. The quantitative estimate of drug-likeness (QED) is 0.527. The lowest BCUT2D eigenvalue weighted by molar-refractivity contribution is 0.556. The van der Waals surface area contributed by atoms with Gasteiger partial charge in [0.05, 0.1) is 5.75 Å². The summed E-state index contributed by atoms with van der Waals surface area (Å²) >= 11 is 0. The van der Waals surface area contributed by atoms with E-state index in [0.717, 1.165) is 25.1 Å². The Balaban J connectivity index is 3.63. The normalized spacial score (nSPS) is 13.4. The zero-order chi connectivity index (χ0) is 12.6. The van der Waals surface area contributed by atoms with Crippen LogP contribution in [0.5, 0.6) is 0 Å². The molecule has 16 heavy (non-hydrogen) atoms. The van der Waals surface area contributed by atoms with Gasteiger partial charge in [-0.15, -0.1) is 0 Å². The molecule has 0 rings (SSSR count). The predicted octanol–water partition coefficient (Wildman–Crippen LogP) is 2.00. The molecule has 0 unspecified atom stereocenters. The van der Waals surface area contributed by atoms with E-state index in [1.165, 1.54) is 6.26 Å². The highest BCUT2D eigenvalue weighted by atomic mass is 32.2. The third kappa shape index (κ3) is 11.7. The minimum atomic E-state index is -2.82. The Morgan fingerprint density at radius 2 is 2.00 bits per heavy atom. The fourth-order valence-electron chi connectivity index (χ4n) is 1.26. The van der Waals surface area contributed by atoms with Crippen LogP contribution in [0.25, 0.3) is 0 Å². The van der Waals surface area contributed by atoms with E-state index in [9.17, 15) is 8.42 Å². The van der Waals surface area contributed by atoms with Crippen molar-refractivity contribution in [2.75, 3.05) is 25.1 Å². The molecular formula is C12H25NO2S. The topological polar surface area (TPSA) is 46.2 Å². The van der Waals surface area contributed by atoms with Gasteiger partial charge in [-0.2, -0.15) is 0 Å². The summed E-state index contributed by atoms with van der Waals surface area (Å²) in [6.45, 7) is 8.36. The van der Waals surface area contributed by atoms with Gasteiger partial charge in [0, 0.05) is 6.26 Å². The van der Waals surface area contributed by atoms with Gasteiger partial charge < -0.3 is 5.32 Å². The van der Waals surface area contributed by atoms with Crippen LogP contribution in [-0.2, 0) is 9.84 Å². The first-order valence-electron chi connectivity index (χ1n) is 5.85. The van der Waals surface area contributed by atoms with Gasteiger partial charge in [0.2, 0.25) is 0 Å². The Morgan fingerprint density at radius 3 is 2.50 bits per heavy atom. The Hall–Kier alpha value is -0.350. The van der Waals surface area contributed by atoms with Crippen molar-refractivity contribution in [2.24, 2.45) is 5.92 Å². The van der Waals surface area contributed by atoms with E-state index in [2.05, 4.69) is 25.2 Å². The average Bonchev–Trinajstić information content (AvgIpc) is 2.12. The molecule has 0 saturated carbocycles. The molecule has 0 aromatic carbocycles. The lowest BCUT2D eigenvalue weighted by Gasteiger charge is -2.06. The molecule has 0 bridgehead atoms. The van der Waals surface area contributed by atoms with Crippen LogP contribution in [0.4, 0.5) is 0 Å². The van der Waals surface area contributed by atoms with Crippen LogP contribution in [0.1, 0.15) is 33.6 Å². The van der Waals surface area contributed by atoms with Crippen molar-refractivity contribution >= 4 is 9.84 Å². The second-order valence-corrected chi connectivity index (χ2v) is 7.08. The molecule has 0 heterocycles. The van der Waals surface area contributed by atoms with Crippen LogP contribution in [0, 0.1) is 5.92 Å². The Labute approximate surface area is 100 Å². The molecular weight excluding hydrogens is 222 g/mol. The third-order valence-electron chi connectivity index (χ3n) is 2.23. The van der Waals surface area contributed by atoms with Crippen LogP contribution in [0.3, 0.4) is 0 Å². The number of hydrogen-bond donors (Lipinski definition) is 1. The minimum Gasteiger partial charge on any atom is -0.316 e. The summed E-state index contributed by atoms with van der Waals surface area (Å²) in [6, 6.07) is 0. The van der Waals surface area contributed by atoms with Crippen LogP contribution >= 0.6 is 0 Å². The summed E-state index contributed by atoms with van der Waals surface area (Å²) in [5, 5.41) is 3.35. The Morgan fingerprint density at radius 1 is 1.38 bits per heavy atom. The molecule has 3 nitrogen and oxygen atoms in total. The van der Waals surface area contributed by atoms with Gasteiger partial charge in [0.15, 0.2) is 0 Å². The standard InChI is InChI=1S/C12H25NO2S/c1-11(2)10-13-8-5-6-12(3)7-9-16(4,14)15/h6,11,13H,5,7-10H2,1-4H3. The van der Waals surface area contributed by atoms with Gasteiger partial charge in [-0.05, 0) is 38.8 Å². The molecule has 4 heteroatoms. The van der Waals surface area contributed by atoms with Crippen molar-refractivity contribution < 1.29 is 8.42 Å². The molecule has 0 atom stereocenters. The fourth-order valence-corrected chi connectivity index (χ4v) is 1.95. The molecule has 0 saturated heterocycles. The molecule has 96 valence electrons. The lowest BCUT2D eigenvalue weighted by atomic mass is 10.2. The summed E-state index contributed by atoms with van der Waals surface area (Å²) in [5.41, 5.74) is 1.16. The molecule has 0 aromatic rings. The highest BCUT2D eigenvalue weighted by Gasteiger charge is 2.01. The van der Waals surface area contributed by atoms with E-state index in [-0.39, 0.29) is 5.75 Å². The lowest BCUT2D eigenvalue weighted by Crippen LogP contribution is -2.20. The summed E-state index contributed by atoms with van der Waals surface area (Å²) in [5.74, 6) is 0.935. The molecule has 0 amide bonds. The molecule has 0 aliphatic rings. The van der Waals surface area contributed by atoms with Gasteiger partial charge in [-0.25, -0.2) is 8.42 Å². The van der Waals surface area contributed by atoms with Crippen molar-refractivity contribution in [1.82, 2.24) is 5.32 Å². The SMILES string of the molecule is CC(=CCCNCC(C)C)CCS(C)(=O)=O. The molecule has 0 fully saturated rings. The average molecular weight is 247 g/mol. The number of allylic oxidation sites excluding steroid dienone is 1. The van der Waals surface area contributed by atoms with Gasteiger partial charge in [0.25, 0.3) is 0 Å². The van der Waals surface area contributed by atoms with E-state index in [4.69, 9.17) is 0 Å². The number of nitrogens with one attached hydrogen (secondary N) is 1. The van der Waals surface area contributed by atoms with Crippen LogP contribution in [-0.4, -0.2) is 33.5 Å². The monoisotopic (exact) mass is 247 g/mol. The molecule has 0 aromatic heterocycles. The first-order chi connectivity index (χ1) is 7.31. The van der Waals surface area contributed by atoms with Crippen molar-refractivity contribution in [1.29, 1.82) is 0 Å². The largest absolute Gasteiger partial charge is 0.316 e. The Kier molecular flexibility index (Phi) is 7.68. The van der Waals surface area contributed by atoms with Crippen LogP contribution < -0.4 is 5.32 Å². The van der Waals surface area contributed by atoms with Gasteiger partial charge in [-0.1, -0.05) is 25.5 Å². The van der Waals surface area contributed by atoms with Gasteiger partial charge in [0.1, 0.15) is 9.84 Å². The van der Waals surface area contributed by atoms with Gasteiger partial charge in [-0.3, -0.25) is 0 Å². The zero-order valence-electron chi connectivity index (χ0n) is 10.9. The van der Waals surface area contributed by atoms with E-state index < -0.39 is 9.84 Å². The van der Waals surface area contributed by atoms with Crippen LogP contribution in [0.2, 0.25) is 0 Å². The molecule has 0 radical (unpaired) electrons. The predicted molar refractivity (Wildman–Crippen MR) is 70.4 cm³/mol. The van der Waals surface area contributed by atoms with Crippen molar-refractivity contribution in [3.8, 4) is 0 Å². The van der Waals surface area contributed by atoms with Crippen LogP contribution in [0.15, 0.2) is 11.6 Å². The molecule has 0 aliphatic carbocycles.